The molecule has 1 heteroatoms. The van der Waals surface area contributed by atoms with Crippen molar-refractivity contribution in [1.82, 2.24) is 0 Å². The van der Waals surface area contributed by atoms with Crippen molar-refractivity contribution in [2.75, 3.05) is 5.73 Å². The smallest absolute Gasteiger partial charge is 0.0340 e. The molecule has 0 saturated heterocycles. The molecule has 0 atom stereocenters. The molecule has 0 amide bonds. The zero-order chi connectivity index (χ0) is 17.3. The van der Waals surface area contributed by atoms with E-state index >= 15 is 0 Å². The third-order valence-corrected chi connectivity index (χ3v) is 5.00. The third kappa shape index (κ3) is 3.21. The highest BCUT2D eigenvalue weighted by Gasteiger charge is 2.17. The number of nitrogen functional groups attached to an aromatic ring is 1. The molecule has 3 aromatic carbocycles. The van der Waals surface area contributed by atoms with Gasteiger partial charge in [-0.25, -0.2) is 0 Å². The van der Waals surface area contributed by atoms with Crippen LogP contribution >= 0.6 is 0 Å². The van der Waals surface area contributed by atoms with Crippen molar-refractivity contribution in [2.45, 2.75) is 33.6 Å². The van der Waals surface area contributed by atoms with Gasteiger partial charge in [-0.1, -0.05) is 48.5 Å². The van der Waals surface area contributed by atoms with Crippen LogP contribution in [-0.4, -0.2) is 0 Å². The molecule has 0 unspecified atom stereocenters. The molecule has 0 heterocycles. The molecular formula is C23H25N. The first kappa shape index (κ1) is 16.3. The van der Waals surface area contributed by atoms with Crippen LogP contribution in [0, 0.1) is 27.7 Å². The first-order valence-electron chi connectivity index (χ1n) is 8.45. The number of hydrogen-bond acceptors (Lipinski definition) is 1. The highest BCUT2D eigenvalue weighted by atomic mass is 14.5. The van der Waals surface area contributed by atoms with Gasteiger partial charge in [0.1, 0.15) is 0 Å². The first-order valence-corrected chi connectivity index (χ1v) is 8.45. The van der Waals surface area contributed by atoms with Crippen LogP contribution in [0.5, 0.6) is 0 Å². The maximum Gasteiger partial charge on any atom is 0.0340 e. The predicted octanol–water partition coefficient (Wildman–Crippen LogP) is 5.68. The van der Waals surface area contributed by atoms with Crippen LogP contribution < -0.4 is 5.73 Å². The second-order valence-electron chi connectivity index (χ2n) is 6.79. The summed E-state index contributed by atoms with van der Waals surface area (Å²) in [5.74, 6) is 0.226. The zero-order valence-electron chi connectivity index (χ0n) is 14.9. The molecule has 0 saturated carbocycles. The molecule has 3 aromatic rings. The number of nitrogens with two attached hydrogens (primary N) is 1. The molecule has 0 aromatic heterocycles. The summed E-state index contributed by atoms with van der Waals surface area (Å²) < 4.78 is 0. The van der Waals surface area contributed by atoms with Gasteiger partial charge in [0.25, 0.3) is 0 Å². The molecule has 122 valence electrons. The van der Waals surface area contributed by atoms with Gasteiger partial charge in [0.15, 0.2) is 0 Å². The average molecular weight is 315 g/mol. The SMILES string of the molecule is Cc1ccc(C(c2ccc(N)cc2)c2ccc(C)c(C)c2)cc1C. The van der Waals surface area contributed by atoms with Gasteiger partial charge in [0, 0.05) is 11.6 Å². The van der Waals surface area contributed by atoms with Crippen LogP contribution in [0.25, 0.3) is 0 Å². The van der Waals surface area contributed by atoms with Crippen molar-refractivity contribution in [1.29, 1.82) is 0 Å². The van der Waals surface area contributed by atoms with Gasteiger partial charge in [-0.3, -0.25) is 0 Å². The number of anilines is 1. The molecule has 0 aliphatic rings. The fourth-order valence-electron chi connectivity index (χ4n) is 3.15. The topological polar surface area (TPSA) is 26.0 Å². The summed E-state index contributed by atoms with van der Waals surface area (Å²) in [7, 11) is 0. The summed E-state index contributed by atoms with van der Waals surface area (Å²) in [5, 5.41) is 0. The van der Waals surface area contributed by atoms with E-state index in [0.717, 1.165) is 5.69 Å². The third-order valence-electron chi connectivity index (χ3n) is 5.00. The molecule has 0 fully saturated rings. The van der Waals surface area contributed by atoms with E-state index in [-0.39, 0.29) is 5.92 Å². The summed E-state index contributed by atoms with van der Waals surface area (Å²) >= 11 is 0. The molecule has 3 rings (SSSR count). The lowest BCUT2D eigenvalue weighted by atomic mass is 9.83. The van der Waals surface area contributed by atoms with Crippen molar-refractivity contribution in [3.05, 3.63) is 99.6 Å². The minimum Gasteiger partial charge on any atom is -0.399 e. The Bertz CT molecular complexity index is 808. The summed E-state index contributed by atoms with van der Waals surface area (Å²) in [6.07, 6.45) is 0. The van der Waals surface area contributed by atoms with Crippen LogP contribution in [0.15, 0.2) is 60.7 Å². The quantitative estimate of drug-likeness (QED) is 0.488. The Balaban J connectivity index is 2.17. The maximum atomic E-state index is 5.89. The van der Waals surface area contributed by atoms with E-state index in [1.807, 2.05) is 12.1 Å². The van der Waals surface area contributed by atoms with Gasteiger partial charge in [-0.2, -0.15) is 0 Å². The monoisotopic (exact) mass is 315 g/mol. The first-order chi connectivity index (χ1) is 11.5. The van der Waals surface area contributed by atoms with Crippen molar-refractivity contribution in [3.63, 3.8) is 0 Å². The van der Waals surface area contributed by atoms with E-state index in [1.54, 1.807) is 0 Å². The second-order valence-corrected chi connectivity index (χ2v) is 6.79. The van der Waals surface area contributed by atoms with E-state index in [4.69, 9.17) is 5.73 Å². The molecule has 0 spiro atoms. The van der Waals surface area contributed by atoms with Gasteiger partial charge >= 0.3 is 0 Å². The van der Waals surface area contributed by atoms with Crippen LogP contribution in [0.1, 0.15) is 44.9 Å². The summed E-state index contributed by atoms with van der Waals surface area (Å²) in [5.41, 5.74) is 15.9. The molecule has 0 aliphatic carbocycles. The Kier molecular flexibility index (Phi) is 4.44. The molecule has 24 heavy (non-hydrogen) atoms. The number of rotatable bonds is 3. The minimum atomic E-state index is 0.226. The number of benzene rings is 3. The van der Waals surface area contributed by atoms with Crippen molar-refractivity contribution < 1.29 is 0 Å². The van der Waals surface area contributed by atoms with Crippen LogP contribution in [-0.2, 0) is 0 Å². The van der Waals surface area contributed by atoms with E-state index in [2.05, 4.69) is 76.2 Å². The van der Waals surface area contributed by atoms with Gasteiger partial charge in [0.2, 0.25) is 0 Å². The van der Waals surface area contributed by atoms with Crippen molar-refractivity contribution in [3.8, 4) is 0 Å². The van der Waals surface area contributed by atoms with E-state index in [1.165, 1.54) is 38.9 Å². The summed E-state index contributed by atoms with van der Waals surface area (Å²) in [6.45, 7) is 8.68. The molecule has 0 aliphatic heterocycles. The lowest BCUT2D eigenvalue weighted by molar-refractivity contribution is 0.967. The van der Waals surface area contributed by atoms with Gasteiger partial charge in [-0.15, -0.1) is 0 Å². The van der Waals surface area contributed by atoms with Gasteiger partial charge in [-0.05, 0) is 78.8 Å². The molecule has 0 radical (unpaired) electrons. The van der Waals surface area contributed by atoms with Gasteiger partial charge in [0.05, 0.1) is 0 Å². The molecule has 1 nitrogen and oxygen atoms in total. The van der Waals surface area contributed by atoms with Crippen LogP contribution in [0.2, 0.25) is 0 Å². The Morgan fingerprint density at radius 2 is 0.958 bits per heavy atom. The van der Waals surface area contributed by atoms with E-state index < -0.39 is 0 Å². The molecule has 0 bridgehead atoms. The Morgan fingerprint density at radius 1 is 0.542 bits per heavy atom. The minimum absolute atomic E-state index is 0.226. The number of aryl methyl sites for hydroxylation is 4. The lowest BCUT2D eigenvalue weighted by Crippen LogP contribution is -2.05. The highest BCUT2D eigenvalue weighted by molar-refractivity contribution is 5.49. The lowest BCUT2D eigenvalue weighted by Gasteiger charge is -2.21. The fraction of sp³-hybridized carbons (Fsp3) is 0.217. The second kappa shape index (κ2) is 6.52. The Hall–Kier alpha value is -2.54. The normalized spacial score (nSPS) is 11.0. The zero-order valence-corrected chi connectivity index (χ0v) is 14.9. The van der Waals surface area contributed by atoms with Crippen LogP contribution in [0.3, 0.4) is 0 Å². The molecule has 2 N–H and O–H groups in total. The summed E-state index contributed by atoms with van der Waals surface area (Å²) in [4.78, 5) is 0. The predicted molar refractivity (Wildman–Crippen MR) is 104 cm³/mol. The number of hydrogen-bond donors (Lipinski definition) is 1. The van der Waals surface area contributed by atoms with E-state index in [9.17, 15) is 0 Å². The van der Waals surface area contributed by atoms with Crippen molar-refractivity contribution in [2.24, 2.45) is 0 Å². The van der Waals surface area contributed by atoms with Crippen LogP contribution in [0.4, 0.5) is 5.69 Å². The standard InChI is InChI=1S/C23H25N/c1-15-5-7-20(13-17(15)3)23(19-9-11-22(24)12-10-19)21-8-6-16(2)18(4)14-21/h5-14,23H,24H2,1-4H3. The van der Waals surface area contributed by atoms with E-state index in [0.29, 0.717) is 0 Å². The van der Waals surface area contributed by atoms with Crippen molar-refractivity contribution >= 4 is 5.69 Å². The fourth-order valence-corrected chi connectivity index (χ4v) is 3.15. The largest absolute Gasteiger partial charge is 0.399 e. The highest BCUT2D eigenvalue weighted by Crippen LogP contribution is 2.34. The average Bonchev–Trinajstić information content (AvgIpc) is 2.56. The Labute approximate surface area is 145 Å². The summed E-state index contributed by atoms with van der Waals surface area (Å²) in [6, 6.07) is 21.8. The van der Waals surface area contributed by atoms with Gasteiger partial charge < -0.3 is 5.73 Å². The maximum absolute atomic E-state index is 5.89. The molecular weight excluding hydrogens is 290 g/mol. The Morgan fingerprint density at radius 3 is 1.38 bits per heavy atom.